The van der Waals surface area contributed by atoms with E-state index in [0.717, 1.165) is 31.7 Å². The largest absolute Gasteiger partial charge is 0.481 e. The molecule has 0 bridgehead atoms. The molecule has 0 aliphatic heterocycles. The molecule has 2 aliphatic rings. The zero-order chi connectivity index (χ0) is 27.1. The molecule has 1 amide bonds. The number of aromatic nitrogens is 2. The molecular weight excluding hydrogens is 483 g/mol. The van der Waals surface area contributed by atoms with Crippen molar-refractivity contribution in [2.24, 2.45) is 11.8 Å². The quantitative estimate of drug-likeness (QED) is 0.466. The maximum atomic E-state index is 13.8. The molecule has 0 atom stereocenters. The highest BCUT2D eigenvalue weighted by atomic mass is 19.4. The average Bonchev–Trinajstić information content (AvgIpc) is 3.11. The maximum Gasteiger partial charge on any atom is 0.433 e. The number of carbonyl (C=O) groups is 2. The Hall–Kier alpha value is -2.84. The number of nitrogens with zero attached hydrogens (tertiary/aromatic N) is 2. The van der Waals surface area contributed by atoms with E-state index in [9.17, 15) is 22.8 Å². The van der Waals surface area contributed by atoms with E-state index in [-0.39, 0.29) is 11.9 Å². The number of alkyl halides is 3. The molecule has 4 rings (SSSR count). The van der Waals surface area contributed by atoms with Crippen LogP contribution in [0.5, 0.6) is 0 Å². The number of nitrogens with one attached hydrogen (secondary N) is 1. The highest BCUT2D eigenvalue weighted by Crippen LogP contribution is 2.37. The van der Waals surface area contributed by atoms with Gasteiger partial charge < -0.3 is 15.0 Å². The number of aliphatic carboxylic acids is 1. The number of carbonyl (C=O) groups excluding carboxylic acids is 1. The summed E-state index contributed by atoms with van der Waals surface area (Å²) < 4.78 is 43.5. The molecule has 2 fully saturated rings. The Morgan fingerprint density at radius 1 is 1.05 bits per heavy atom. The number of carboxylic acids is 1. The lowest BCUT2D eigenvalue weighted by Crippen LogP contribution is -2.46. The molecule has 2 saturated carbocycles. The first kappa shape index (κ1) is 27.2. The summed E-state index contributed by atoms with van der Waals surface area (Å²) in [6.45, 7) is 7.94. The predicted octanol–water partition coefficient (Wildman–Crippen LogP) is 6.35. The van der Waals surface area contributed by atoms with Crippen LogP contribution >= 0.6 is 0 Å². The Kier molecular flexibility index (Phi) is 7.45. The van der Waals surface area contributed by atoms with Crippen molar-refractivity contribution in [2.45, 2.75) is 96.8 Å². The number of pyridine rings is 1. The van der Waals surface area contributed by atoms with Crippen molar-refractivity contribution in [3.8, 4) is 11.3 Å². The highest BCUT2D eigenvalue weighted by molar-refractivity contribution is 5.97. The summed E-state index contributed by atoms with van der Waals surface area (Å²) >= 11 is 0. The summed E-state index contributed by atoms with van der Waals surface area (Å²) in [4.78, 5) is 28.3. The Morgan fingerprint density at radius 3 is 2.24 bits per heavy atom. The van der Waals surface area contributed by atoms with Gasteiger partial charge in [0.15, 0.2) is 0 Å². The summed E-state index contributed by atoms with van der Waals surface area (Å²) in [6, 6.07) is 4.24. The van der Waals surface area contributed by atoms with E-state index >= 15 is 0 Å². The summed E-state index contributed by atoms with van der Waals surface area (Å²) in [5.41, 5.74) is 0.862. The summed E-state index contributed by atoms with van der Waals surface area (Å²) in [5, 5.41) is 12.0. The molecule has 0 aromatic carbocycles. The SMILES string of the molecule is Cc1c(C(=O)N[C@H]2C[C@H](C(=O)O)C2)cc(-c2cc(C(C)(C)C)nc(C(F)(F)F)c2)n1CC1CCCCC1. The Labute approximate surface area is 215 Å². The van der Waals surface area contributed by atoms with Crippen molar-refractivity contribution in [3.05, 3.63) is 40.8 Å². The third kappa shape index (κ3) is 6.02. The zero-order valence-corrected chi connectivity index (χ0v) is 21.9. The van der Waals surface area contributed by atoms with Gasteiger partial charge in [-0.25, -0.2) is 4.98 Å². The smallest absolute Gasteiger partial charge is 0.433 e. The minimum atomic E-state index is -4.60. The lowest BCUT2D eigenvalue weighted by Gasteiger charge is -2.32. The first-order valence-corrected chi connectivity index (χ1v) is 13.1. The maximum absolute atomic E-state index is 13.8. The van der Waals surface area contributed by atoms with Gasteiger partial charge in [0, 0.05) is 40.6 Å². The van der Waals surface area contributed by atoms with Crippen molar-refractivity contribution in [1.29, 1.82) is 0 Å². The fraction of sp³-hybridized carbons (Fsp3) is 0.607. The van der Waals surface area contributed by atoms with E-state index in [0.29, 0.717) is 53.5 Å². The van der Waals surface area contributed by atoms with Gasteiger partial charge in [0.05, 0.1) is 11.5 Å². The van der Waals surface area contributed by atoms with Gasteiger partial charge in [-0.1, -0.05) is 40.0 Å². The second-order valence-corrected chi connectivity index (χ2v) is 11.7. The van der Waals surface area contributed by atoms with Crippen LogP contribution in [0.2, 0.25) is 0 Å². The predicted molar refractivity (Wildman–Crippen MR) is 134 cm³/mol. The van der Waals surface area contributed by atoms with E-state index in [2.05, 4.69) is 10.3 Å². The van der Waals surface area contributed by atoms with E-state index in [1.165, 1.54) is 6.42 Å². The topological polar surface area (TPSA) is 84.2 Å². The van der Waals surface area contributed by atoms with Crippen molar-refractivity contribution < 1.29 is 27.9 Å². The van der Waals surface area contributed by atoms with Gasteiger partial charge in [-0.15, -0.1) is 0 Å². The lowest BCUT2D eigenvalue weighted by atomic mass is 9.80. The molecule has 9 heteroatoms. The van der Waals surface area contributed by atoms with E-state index in [1.54, 1.807) is 12.1 Å². The molecular formula is C28H36F3N3O3. The Morgan fingerprint density at radius 2 is 1.68 bits per heavy atom. The third-order valence-corrected chi connectivity index (χ3v) is 7.78. The molecule has 2 aromatic rings. The third-order valence-electron chi connectivity index (χ3n) is 7.78. The van der Waals surface area contributed by atoms with E-state index in [4.69, 9.17) is 5.11 Å². The highest BCUT2D eigenvalue weighted by Gasteiger charge is 2.37. The number of rotatable bonds is 6. The van der Waals surface area contributed by atoms with Crippen LogP contribution < -0.4 is 5.32 Å². The standard InChI is InChI=1S/C28H36F3N3O3/c1-16-21(25(35)32-20-10-19(11-20)26(36)37)14-22(34(16)15-17-8-6-5-7-9-17)18-12-23(27(2,3)4)33-24(13-18)28(29,30)31/h12-14,17,19-20H,5-11,15H2,1-4H3,(H,32,35)(H,36,37)/t19-,20-. The van der Waals surface area contributed by atoms with Crippen LogP contribution in [0.3, 0.4) is 0 Å². The molecule has 2 aromatic heterocycles. The van der Waals surface area contributed by atoms with Gasteiger partial charge in [-0.05, 0) is 56.7 Å². The van der Waals surface area contributed by atoms with Gasteiger partial charge in [-0.3, -0.25) is 9.59 Å². The molecule has 0 spiro atoms. The average molecular weight is 520 g/mol. The Bertz CT molecular complexity index is 1140. The number of amides is 1. The normalized spacial score (nSPS) is 20.9. The summed E-state index contributed by atoms with van der Waals surface area (Å²) in [7, 11) is 0. The summed E-state index contributed by atoms with van der Waals surface area (Å²) in [5.74, 6) is -1.25. The zero-order valence-electron chi connectivity index (χ0n) is 21.9. The summed E-state index contributed by atoms with van der Waals surface area (Å²) in [6.07, 6.45) is 1.70. The molecule has 0 saturated heterocycles. The fourth-order valence-electron chi connectivity index (χ4n) is 5.39. The monoisotopic (exact) mass is 519 g/mol. The van der Waals surface area contributed by atoms with Crippen LogP contribution in [-0.2, 0) is 22.9 Å². The molecule has 2 aliphatic carbocycles. The van der Waals surface area contributed by atoms with Crippen LogP contribution in [-0.4, -0.2) is 32.6 Å². The molecule has 0 radical (unpaired) electrons. The molecule has 6 nitrogen and oxygen atoms in total. The molecule has 37 heavy (non-hydrogen) atoms. The van der Waals surface area contributed by atoms with Crippen molar-refractivity contribution >= 4 is 11.9 Å². The number of hydrogen-bond acceptors (Lipinski definition) is 3. The van der Waals surface area contributed by atoms with Crippen LogP contribution in [0.15, 0.2) is 18.2 Å². The molecule has 0 unspecified atom stereocenters. The van der Waals surface area contributed by atoms with Gasteiger partial charge in [0.1, 0.15) is 5.69 Å². The van der Waals surface area contributed by atoms with Crippen LogP contribution in [0, 0.1) is 18.8 Å². The van der Waals surface area contributed by atoms with Crippen LogP contribution in [0.1, 0.15) is 93.2 Å². The second-order valence-electron chi connectivity index (χ2n) is 11.7. The van der Waals surface area contributed by atoms with Crippen molar-refractivity contribution in [3.63, 3.8) is 0 Å². The van der Waals surface area contributed by atoms with Crippen molar-refractivity contribution in [2.75, 3.05) is 0 Å². The number of hydrogen-bond donors (Lipinski definition) is 2. The fourth-order valence-corrected chi connectivity index (χ4v) is 5.39. The number of carboxylic acid groups (broad SMARTS) is 1. The first-order valence-electron chi connectivity index (χ1n) is 13.1. The van der Waals surface area contributed by atoms with Gasteiger partial charge in [0.25, 0.3) is 5.91 Å². The van der Waals surface area contributed by atoms with Gasteiger partial charge in [0.2, 0.25) is 0 Å². The molecule has 2 heterocycles. The minimum absolute atomic E-state index is 0.219. The molecule has 202 valence electrons. The van der Waals surface area contributed by atoms with E-state index < -0.39 is 29.2 Å². The lowest BCUT2D eigenvalue weighted by molar-refractivity contribution is -0.145. The second kappa shape index (κ2) is 10.1. The van der Waals surface area contributed by atoms with Gasteiger partial charge >= 0.3 is 12.1 Å². The number of halogens is 3. The van der Waals surface area contributed by atoms with Gasteiger partial charge in [-0.2, -0.15) is 13.2 Å². The van der Waals surface area contributed by atoms with Crippen LogP contribution in [0.25, 0.3) is 11.3 Å². The first-order chi connectivity index (χ1) is 17.2. The van der Waals surface area contributed by atoms with Crippen molar-refractivity contribution in [1.82, 2.24) is 14.9 Å². The van der Waals surface area contributed by atoms with Crippen LogP contribution in [0.4, 0.5) is 13.2 Å². The van der Waals surface area contributed by atoms with E-state index in [1.807, 2.05) is 32.3 Å². The molecule has 2 N–H and O–H groups in total. The Balaban J connectivity index is 1.75. The minimum Gasteiger partial charge on any atom is -0.481 e.